The second-order valence-corrected chi connectivity index (χ2v) is 7.79. The highest BCUT2D eigenvalue weighted by molar-refractivity contribution is 5.85. The van der Waals surface area contributed by atoms with Crippen LogP contribution in [-0.2, 0) is 11.3 Å². The molecule has 1 fully saturated rings. The number of nitrogens with zero attached hydrogens (tertiary/aromatic N) is 7. The van der Waals surface area contributed by atoms with Crippen LogP contribution in [0.15, 0.2) is 53.4 Å². The molecule has 0 aliphatic carbocycles. The monoisotopic (exact) mass is 445 g/mol. The van der Waals surface area contributed by atoms with E-state index >= 15 is 0 Å². The zero-order chi connectivity index (χ0) is 22.8. The van der Waals surface area contributed by atoms with Gasteiger partial charge in [0, 0.05) is 38.6 Å². The van der Waals surface area contributed by atoms with Gasteiger partial charge in [-0.25, -0.2) is 15.0 Å². The van der Waals surface area contributed by atoms with Crippen molar-refractivity contribution in [2.24, 2.45) is 5.73 Å². The van der Waals surface area contributed by atoms with E-state index in [4.69, 9.17) is 15.2 Å². The third-order valence-electron chi connectivity index (χ3n) is 5.48. The van der Waals surface area contributed by atoms with E-state index in [1.165, 1.54) is 0 Å². The zero-order valence-electron chi connectivity index (χ0n) is 18.0. The van der Waals surface area contributed by atoms with Gasteiger partial charge in [-0.2, -0.15) is 5.10 Å². The summed E-state index contributed by atoms with van der Waals surface area (Å²) in [4.78, 5) is 27.5. The number of amides is 1. The molecule has 3 N–H and O–H groups in total. The number of likely N-dealkylation sites (N-methyl/N-ethyl adjacent to an activating group) is 1. The van der Waals surface area contributed by atoms with Gasteiger partial charge in [-0.05, 0) is 24.6 Å². The Morgan fingerprint density at radius 2 is 2.00 bits per heavy atom. The molecule has 0 aromatic carbocycles. The standard InChI is InChI=1S/C22H23N9O2/c1-30-9-6-15(21(30)32)20-11-19(29-33-20)17-4-2-3-16(27-17)18-5-8-24-22(28-18)26-14-12-25-31(13-14)10-7-23/h2-5,8,11-13,15H,6-7,9-10,23H2,1H3,(H,24,26,28)/t15-/m0/s1. The molecule has 11 nitrogen and oxygen atoms in total. The topological polar surface area (TPSA) is 141 Å². The Kier molecular flexibility index (Phi) is 5.53. The van der Waals surface area contributed by atoms with Crippen LogP contribution in [0.5, 0.6) is 0 Å². The average Bonchev–Trinajstić information content (AvgIpc) is 3.56. The molecule has 1 aliphatic heterocycles. The highest BCUT2D eigenvalue weighted by Crippen LogP contribution is 2.30. The van der Waals surface area contributed by atoms with Crippen molar-refractivity contribution in [3.63, 3.8) is 0 Å². The Hall–Kier alpha value is -4.12. The van der Waals surface area contributed by atoms with Gasteiger partial charge in [-0.3, -0.25) is 9.48 Å². The number of hydrogen-bond donors (Lipinski definition) is 2. The summed E-state index contributed by atoms with van der Waals surface area (Å²) in [6.45, 7) is 1.86. The number of nitrogens with one attached hydrogen (secondary N) is 1. The van der Waals surface area contributed by atoms with E-state index < -0.39 is 0 Å². The van der Waals surface area contributed by atoms with E-state index in [-0.39, 0.29) is 11.8 Å². The first-order valence-electron chi connectivity index (χ1n) is 10.6. The second-order valence-electron chi connectivity index (χ2n) is 7.79. The van der Waals surface area contributed by atoms with Crippen molar-refractivity contribution in [1.29, 1.82) is 0 Å². The molecule has 4 aromatic rings. The Morgan fingerprint density at radius 3 is 2.79 bits per heavy atom. The maximum atomic E-state index is 12.3. The smallest absolute Gasteiger partial charge is 0.233 e. The van der Waals surface area contributed by atoms with Crippen LogP contribution in [0, 0.1) is 0 Å². The van der Waals surface area contributed by atoms with Crippen molar-refractivity contribution < 1.29 is 9.32 Å². The van der Waals surface area contributed by atoms with Crippen molar-refractivity contribution >= 4 is 17.5 Å². The number of carbonyl (C=O) groups excluding carboxylic acids is 1. The Labute approximate surface area is 189 Å². The lowest BCUT2D eigenvalue weighted by atomic mass is 10.0. The largest absolute Gasteiger partial charge is 0.360 e. The summed E-state index contributed by atoms with van der Waals surface area (Å²) in [5, 5.41) is 11.5. The van der Waals surface area contributed by atoms with Crippen LogP contribution >= 0.6 is 0 Å². The van der Waals surface area contributed by atoms with Gasteiger partial charge in [0.2, 0.25) is 11.9 Å². The van der Waals surface area contributed by atoms with E-state index in [1.54, 1.807) is 41.2 Å². The molecule has 33 heavy (non-hydrogen) atoms. The van der Waals surface area contributed by atoms with Crippen LogP contribution in [0.2, 0.25) is 0 Å². The van der Waals surface area contributed by atoms with Crippen molar-refractivity contribution in [2.45, 2.75) is 18.9 Å². The molecule has 1 saturated heterocycles. The second kappa shape index (κ2) is 8.79. The van der Waals surface area contributed by atoms with Crippen LogP contribution in [0.1, 0.15) is 18.1 Å². The summed E-state index contributed by atoms with van der Waals surface area (Å²) in [6.07, 6.45) is 5.93. The SMILES string of the molecule is CN1CC[C@@H](c2cc(-c3cccc(-c4ccnc(Nc5cnn(CCN)c5)n4)n3)no2)C1=O. The third kappa shape index (κ3) is 4.30. The van der Waals surface area contributed by atoms with Crippen LogP contribution in [-0.4, -0.2) is 60.8 Å². The molecule has 0 spiro atoms. The Morgan fingerprint density at radius 1 is 1.18 bits per heavy atom. The number of pyridine rings is 1. The quantitative estimate of drug-likeness (QED) is 0.437. The minimum Gasteiger partial charge on any atom is -0.360 e. The maximum Gasteiger partial charge on any atom is 0.233 e. The van der Waals surface area contributed by atoms with E-state index in [9.17, 15) is 4.79 Å². The lowest BCUT2D eigenvalue weighted by molar-refractivity contribution is -0.128. The van der Waals surface area contributed by atoms with Gasteiger partial charge in [0.05, 0.1) is 35.5 Å². The molecule has 1 amide bonds. The average molecular weight is 445 g/mol. The summed E-state index contributed by atoms with van der Waals surface area (Å²) >= 11 is 0. The number of likely N-dealkylation sites (tertiary alicyclic amines) is 1. The van der Waals surface area contributed by atoms with Gasteiger partial charge < -0.3 is 20.5 Å². The molecule has 0 radical (unpaired) electrons. The molecule has 4 aromatic heterocycles. The molecule has 0 bridgehead atoms. The first kappa shape index (κ1) is 20.8. The summed E-state index contributed by atoms with van der Waals surface area (Å²) in [7, 11) is 1.79. The summed E-state index contributed by atoms with van der Waals surface area (Å²) in [5.74, 6) is 0.757. The van der Waals surface area contributed by atoms with Crippen LogP contribution in [0.4, 0.5) is 11.6 Å². The normalized spacial score (nSPS) is 15.9. The molecule has 1 aliphatic rings. The Bertz CT molecular complexity index is 1280. The van der Waals surface area contributed by atoms with Crippen LogP contribution in [0.3, 0.4) is 0 Å². The number of anilines is 2. The number of hydrogen-bond acceptors (Lipinski definition) is 9. The maximum absolute atomic E-state index is 12.3. The number of carbonyl (C=O) groups is 1. The summed E-state index contributed by atoms with van der Waals surface area (Å²) < 4.78 is 7.23. The minimum atomic E-state index is -0.288. The fourth-order valence-electron chi connectivity index (χ4n) is 3.75. The molecule has 0 saturated carbocycles. The van der Waals surface area contributed by atoms with Crippen LogP contribution < -0.4 is 11.1 Å². The molecule has 168 valence electrons. The molecular weight excluding hydrogens is 422 g/mol. The molecule has 5 heterocycles. The molecular formula is C22H23N9O2. The third-order valence-corrected chi connectivity index (χ3v) is 5.48. The highest BCUT2D eigenvalue weighted by atomic mass is 16.5. The number of aromatic nitrogens is 6. The predicted molar refractivity (Wildman–Crippen MR) is 120 cm³/mol. The van der Waals surface area contributed by atoms with Crippen LogP contribution in [0.25, 0.3) is 22.8 Å². The lowest BCUT2D eigenvalue weighted by Gasteiger charge is -2.07. The van der Waals surface area contributed by atoms with Gasteiger partial charge in [-0.1, -0.05) is 11.2 Å². The van der Waals surface area contributed by atoms with Gasteiger partial charge in [0.1, 0.15) is 17.4 Å². The van der Waals surface area contributed by atoms with Crippen molar-refractivity contribution in [3.8, 4) is 22.8 Å². The van der Waals surface area contributed by atoms with Gasteiger partial charge in [0.15, 0.2) is 0 Å². The van der Waals surface area contributed by atoms with Gasteiger partial charge in [0.25, 0.3) is 0 Å². The van der Waals surface area contributed by atoms with Crippen molar-refractivity contribution in [1.82, 2.24) is 34.8 Å². The first-order valence-corrected chi connectivity index (χ1v) is 10.6. The summed E-state index contributed by atoms with van der Waals surface area (Å²) in [6, 6.07) is 9.17. The fraction of sp³-hybridized carbons (Fsp3) is 0.273. The minimum absolute atomic E-state index is 0.0500. The highest BCUT2D eigenvalue weighted by Gasteiger charge is 2.33. The Balaban J connectivity index is 1.36. The van der Waals surface area contributed by atoms with E-state index in [0.717, 1.165) is 12.1 Å². The van der Waals surface area contributed by atoms with Crippen molar-refractivity contribution in [3.05, 3.63) is 54.7 Å². The fourth-order valence-corrected chi connectivity index (χ4v) is 3.75. The van der Waals surface area contributed by atoms with Crippen molar-refractivity contribution in [2.75, 3.05) is 25.5 Å². The van der Waals surface area contributed by atoms with E-state index in [2.05, 4.69) is 25.5 Å². The van der Waals surface area contributed by atoms with Gasteiger partial charge >= 0.3 is 0 Å². The number of rotatable bonds is 7. The summed E-state index contributed by atoms with van der Waals surface area (Å²) in [5.41, 5.74) is 8.87. The molecule has 0 unspecified atom stereocenters. The molecule has 5 rings (SSSR count). The first-order chi connectivity index (χ1) is 16.1. The zero-order valence-corrected chi connectivity index (χ0v) is 18.0. The molecule has 11 heteroatoms. The van der Waals surface area contributed by atoms with E-state index in [0.29, 0.717) is 54.1 Å². The number of nitrogens with two attached hydrogens (primary N) is 1. The lowest BCUT2D eigenvalue weighted by Crippen LogP contribution is -2.21. The molecule has 1 atom stereocenters. The van der Waals surface area contributed by atoms with Gasteiger partial charge in [-0.15, -0.1) is 0 Å². The predicted octanol–water partition coefficient (Wildman–Crippen LogP) is 2.04. The van der Waals surface area contributed by atoms with E-state index in [1.807, 2.05) is 24.4 Å².